The van der Waals surface area contributed by atoms with E-state index in [9.17, 15) is 5.26 Å². The molecule has 0 bridgehead atoms. The number of nitrogen functional groups attached to an aromatic ring is 1. The van der Waals surface area contributed by atoms with Crippen molar-refractivity contribution < 1.29 is 9.15 Å². The van der Waals surface area contributed by atoms with Gasteiger partial charge in [-0.2, -0.15) is 5.26 Å². The summed E-state index contributed by atoms with van der Waals surface area (Å²) in [7, 11) is 1.61. The summed E-state index contributed by atoms with van der Waals surface area (Å²) >= 11 is 0. The molecule has 3 rings (SSSR count). The van der Waals surface area contributed by atoms with Crippen molar-refractivity contribution in [2.45, 2.75) is 0 Å². The maximum absolute atomic E-state index is 9.19. The third kappa shape index (κ3) is 2.38. The van der Waals surface area contributed by atoms with Crippen LogP contribution in [0.3, 0.4) is 0 Å². The first-order valence-electron chi connectivity index (χ1n) is 6.62. The Hall–Kier alpha value is -3.26. The molecule has 1 aromatic carbocycles. The first kappa shape index (κ1) is 13.7. The Morgan fingerprint density at radius 2 is 2.09 bits per heavy atom. The highest BCUT2D eigenvalue weighted by atomic mass is 16.5. The SMILES string of the molecule is COc1cccc(-c2cc(C#N)c(N)nc2-c2ccco2)c1. The second kappa shape index (κ2) is 5.62. The lowest BCUT2D eigenvalue weighted by Crippen LogP contribution is -1.99. The molecule has 2 N–H and O–H groups in total. The summed E-state index contributed by atoms with van der Waals surface area (Å²) in [5.74, 6) is 1.49. The molecule has 0 spiro atoms. The van der Waals surface area contributed by atoms with Gasteiger partial charge in [0.25, 0.3) is 0 Å². The van der Waals surface area contributed by atoms with Crippen molar-refractivity contribution in [2.24, 2.45) is 0 Å². The van der Waals surface area contributed by atoms with E-state index in [1.807, 2.05) is 24.3 Å². The number of aromatic nitrogens is 1. The van der Waals surface area contributed by atoms with Gasteiger partial charge in [-0.1, -0.05) is 12.1 Å². The fourth-order valence-corrected chi connectivity index (χ4v) is 2.23. The van der Waals surface area contributed by atoms with Crippen LogP contribution in [0.1, 0.15) is 5.56 Å². The number of nitrogens with zero attached hydrogens (tertiary/aromatic N) is 2. The molecular formula is C17H13N3O2. The zero-order valence-corrected chi connectivity index (χ0v) is 11.9. The highest BCUT2D eigenvalue weighted by Gasteiger charge is 2.15. The minimum absolute atomic E-state index is 0.181. The smallest absolute Gasteiger partial charge is 0.152 e. The van der Waals surface area contributed by atoms with E-state index in [2.05, 4.69) is 11.1 Å². The second-order valence-corrected chi connectivity index (χ2v) is 4.64. The van der Waals surface area contributed by atoms with Crippen molar-refractivity contribution in [3.05, 3.63) is 54.3 Å². The van der Waals surface area contributed by atoms with Crippen LogP contribution in [0, 0.1) is 11.3 Å². The largest absolute Gasteiger partial charge is 0.497 e. The van der Waals surface area contributed by atoms with Crippen LogP contribution in [0.5, 0.6) is 5.75 Å². The zero-order chi connectivity index (χ0) is 15.5. The average Bonchev–Trinajstić information content (AvgIpc) is 3.09. The molecule has 108 valence electrons. The summed E-state index contributed by atoms with van der Waals surface area (Å²) in [6.07, 6.45) is 1.57. The van der Waals surface area contributed by atoms with Gasteiger partial charge in [-0.25, -0.2) is 4.98 Å². The lowest BCUT2D eigenvalue weighted by atomic mass is 10.0. The van der Waals surface area contributed by atoms with Gasteiger partial charge in [-0.05, 0) is 35.9 Å². The number of benzene rings is 1. The van der Waals surface area contributed by atoms with Gasteiger partial charge in [0.1, 0.15) is 23.3 Å². The quantitative estimate of drug-likeness (QED) is 0.798. The Bertz CT molecular complexity index is 849. The number of hydrogen-bond acceptors (Lipinski definition) is 5. The first-order valence-corrected chi connectivity index (χ1v) is 6.62. The van der Waals surface area contributed by atoms with E-state index in [0.717, 1.165) is 16.9 Å². The number of furan rings is 1. The van der Waals surface area contributed by atoms with Gasteiger partial charge in [0.15, 0.2) is 5.76 Å². The van der Waals surface area contributed by atoms with Crippen LogP contribution in [0.25, 0.3) is 22.6 Å². The standard InChI is InChI=1S/C17H13N3O2/c1-21-13-5-2-4-11(8-13)14-9-12(10-18)17(19)20-16(14)15-6-3-7-22-15/h2-9H,1H3,(H2,19,20). The van der Waals surface area contributed by atoms with Crippen molar-refractivity contribution >= 4 is 5.82 Å². The lowest BCUT2D eigenvalue weighted by molar-refractivity contribution is 0.415. The third-order valence-corrected chi connectivity index (χ3v) is 3.31. The summed E-state index contributed by atoms with van der Waals surface area (Å²) in [5.41, 5.74) is 8.39. The molecule has 0 aliphatic rings. The summed E-state index contributed by atoms with van der Waals surface area (Å²) in [6.45, 7) is 0. The minimum Gasteiger partial charge on any atom is -0.497 e. The molecule has 0 fully saturated rings. The van der Waals surface area contributed by atoms with E-state index >= 15 is 0 Å². The van der Waals surface area contributed by atoms with E-state index in [1.54, 1.807) is 31.6 Å². The lowest BCUT2D eigenvalue weighted by Gasteiger charge is -2.10. The molecule has 0 aliphatic heterocycles. The van der Waals surface area contributed by atoms with Crippen LogP contribution in [0.4, 0.5) is 5.82 Å². The van der Waals surface area contributed by atoms with Crippen LogP contribution in [0.2, 0.25) is 0 Å². The predicted octanol–water partition coefficient (Wildman–Crippen LogP) is 3.47. The Balaban J connectivity index is 2.26. The first-order chi connectivity index (χ1) is 10.7. The molecule has 0 atom stereocenters. The number of nitriles is 1. The zero-order valence-electron chi connectivity index (χ0n) is 11.9. The average molecular weight is 291 g/mol. The van der Waals surface area contributed by atoms with E-state index in [1.165, 1.54) is 0 Å². The summed E-state index contributed by atoms with van der Waals surface area (Å²) < 4.78 is 10.7. The topological polar surface area (TPSA) is 85.1 Å². The normalized spacial score (nSPS) is 10.2. The van der Waals surface area contributed by atoms with E-state index < -0.39 is 0 Å². The molecular weight excluding hydrogens is 278 g/mol. The molecule has 0 radical (unpaired) electrons. The highest BCUT2D eigenvalue weighted by molar-refractivity contribution is 5.82. The number of ether oxygens (including phenoxy) is 1. The van der Waals surface area contributed by atoms with Gasteiger partial charge in [-0.15, -0.1) is 0 Å². The minimum atomic E-state index is 0.181. The van der Waals surface area contributed by atoms with Crippen molar-refractivity contribution in [1.82, 2.24) is 4.98 Å². The fraction of sp³-hybridized carbons (Fsp3) is 0.0588. The molecule has 5 heteroatoms. The van der Waals surface area contributed by atoms with Crippen LogP contribution >= 0.6 is 0 Å². The van der Waals surface area contributed by atoms with Crippen LogP contribution in [-0.2, 0) is 0 Å². The molecule has 22 heavy (non-hydrogen) atoms. The van der Waals surface area contributed by atoms with Gasteiger partial charge in [0.2, 0.25) is 0 Å². The van der Waals surface area contributed by atoms with Crippen molar-refractivity contribution in [3.8, 4) is 34.4 Å². The molecule has 3 aromatic rings. The summed E-state index contributed by atoms with van der Waals surface area (Å²) in [4.78, 5) is 4.34. The molecule has 0 saturated heterocycles. The van der Waals surface area contributed by atoms with Gasteiger partial charge in [0, 0.05) is 5.56 Å². The molecule has 5 nitrogen and oxygen atoms in total. The highest BCUT2D eigenvalue weighted by Crippen LogP contribution is 2.34. The number of anilines is 1. The van der Waals surface area contributed by atoms with Crippen molar-refractivity contribution in [1.29, 1.82) is 5.26 Å². The van der Waals surface area contributed by atoms with Crippen molar-refractivity contribution in [2.75, 3.05) is 12.8 Å². The van der Waals surface area contributed by atoms with E-state index in [0.29, 0.717) is 17.0 Å². The van der Waals surface area contributed by atoms with Gasteiger partial charge in [0.05, 0.1) is 18.9 Å². The Labute approximate surface area is 127 Å². The number of hydrogen-bond donors (Lipinski definition) is 1. The van der Waals surface area contributed by atoms with E-state index in [-0.39, 0.29) is 5.82 Å². The molecule has 0 aliphatic carbocycles. The number of methoxy groups -OCH3 is 1. The number of rotatable bonds is 3. The Kier molecular flexibility index (Phi) is 3.50. The molecule has 0 unspecified atom stereocenters. The van der Waals surface area contributed by atoms with Gasteiger partial charge < -0.3 is 14.9 Å². The number of pyridine rings is 1. The van der Waals surface area contributed by atoms with Gasteiger partial charge >= 0.3 is 0 Å². The second-order valence-electron chi connectivity index (χ2n) is 4.64. The van der Waals surface area contributed by atoms with Crippen LogP contribution < -0.4 is 10.5 Å². The van der Waals surface area contributed by atoms with E-state index in [4.69, 9.17) is 14.9 Å². The third-order valence-electron chi connectivity index (χ3n) is 3.31. The van der Waals surface area contributed by atoms with Crippen LogP contribution in [0.15, 0.2) is 53.1 Å². The summed E-state index contributed by atoms with van der Waals surface area (Å²) in [5, 5.41) is 9.19. The molecule has 0 amide bonds. The monoisotopic (exact) mass is 291 g/mol. The predicted molar refractivity (Wildman–Crippen MR) is 83.1 cm³/mol. The number of nitrogens with two attached hydrogens (primary N) is 1. The van der Waals surface area contributed by atoms with Crippen molar-refractivity contribution in [3.63, 3.8) is 0 Å². The Morgan fingerprint density at radius 3 is 2.77 bits per heavy atom. The fourth-order valence-electron chi connectivity index (χ4n) is 2.23. The van der Waals surface area contributed by atoms with Gasteiger partial charge in [-0.3, -0.25) is 0 Å². The molecule has 0 saturated carbocycles. The maximum Gasteiger partial charge on any atom is 0.152 e. The molecule has 2 heterocycles. The molecule has 2 aromatic heterocycles. The Morgan fingerprint density at radius 1 is 1.23 bits per heavy atom. The summed E-state index contributed by atoms with van der Waals surface area (Å²) in [6, 6.07) is 14.9. The maximum atomic E-state index is 9.19. The van der Waals surface area contributed by atoms with Crippen LogP contribution in [-0.4, -0.2) is 12.1 Å².